The Bertz CT molecular complexity index is 717. The van der Waals surface area contributed by atoms with Crippen LogP contribution in [0.2, 0.25) is 0 Å². The largest absolute Gasteiger partial charge is 0.394 e. The maximum absolute atomic E-state index is 11.5. The summed E-state index contributed by atoms with van der Waals surface area (Å²) in [7, 11) is 0. The number of nitrogens with zero attached hydrogens (tertiary/aromatic N) is 2. The van der Waals surface area contributed by atoms with Gasteiger partial charge in [0.15, 0.2) is 5.52 Å². The second-order valence-corrected chi connectivity index (χ2v) is 4.37. The summed E-state index contributed by atoms with van der Waals surface area (Å²) in [5.74, 6) is 0. The molecule has 2 aromatic rings. The zero-order chi connectivity index (χ0) is 13.6. The highest BCUT2D eigenvalue weighted by Gasteiger charge is 2.35. The minimum atomic E-state index is -0.804. The summed E-state index contributed by atoms with van der Waals surface area (Å²) in [5.41, 5.74) is -0.916. The van der Waals surface area contributed by atoms with Crippen LogP contribution in [0, 0.1) is 0 Å². The lowest BCUT2D eigenvalue weighted by molar-refractivity contribution is -0.0432. The number of hydrogen-bond acceptors (Lipinski definition) is 6. The van der Waals surface area contributed by atoms with E-state index < -0.39 is 29.7 Å². The summed E-state index contributed by atoms with van der Waals surface area (Å²) in [6, 6.07) is 0. The number of aliphatic hydroxyl groups excluding tert-OH is 2. The van der Waals surface area contributed by atoms with Gasteiger partial charge in [-0.3, -0.25) is 19.3 Å². The van der Waals surface area contributed by atoms with Gasteiger partial charge in [0.05, 0.1) is 19.0 Å². The first-order valence-electron chi connectivity index (χ1n) is 5.73. The number of aromatic amines is 2. The van der Waals surface area contributed by atoms with E-state index in [9.17, 15) is 14.7 Å². The zero-order valence-electron chi connectivity index (χ0n) is 9.74. The van der Waals surface area contributed by atoms with E-state index in [1.165, 1.54) is 10.9 Å². The van der Waals surface area contributed by atoms with E-state index in [2.05, 4.69) is 15.0 Å². The summed E-state index contributed by atoms with van der Waals surface area (Å²) in [6.07, 6.45) is -0.481. The standard InChI is InChI=1S/C10H12N4O5/c15-2-5-4(16)1-6(19-5)14-3-11-7-8(14)12-10(18)13-9(7)17/h3-6,15-16H,1-2H2,(H2,12,13,17,18)/t4-,5+,6+/m0/s1. The van der Waals surface area contributed by atoms with Crippen molar-refractivity contribution in [3.63, 3.8) is 0 Å². The average Bonchev–Trinajstić information content (AvgIpc) is 2.92. The first-order chi connectivity index (χ1) is 9.10. The van der Waals surface area contributed by atoms with E-state index in [0.717, 1.165) is 0 Å². The van der Waals surface area contributed by atoms with Gasteiger partial charge in [-0.2, -0.15) is 0 Å². The van der Waals surface area contributed by atoms with Gasteiger partial charge < -0.3 is 14.9 Å². The summed E-state index contributed by atoms with van der Waals surface area (Å²) < 4.78 is 6.91. The van der Waals surface area contributed by atoms with Gasteiger partial charge in [0, 0.05) is 6.42 Å². The summed E-state index contributed by atoms with van der Waals surface area (Å²) >= 11 is 0. The van der Waals surface area contributed by atoms with Crippen molar-refractivity contribution in [3.8, 4) is 0 Å². The fourth-order valence-electron chi connectivity index (χ4n) is 2.22. The third kappa shape index (κ3) is 1.87. The van der Waals surface area contributed by atoms with Gasteiger partial charge in [-0.05, 0) is 0 Å². The predicted molar refractivity (Wildman–Crippen MR) is 62.6 cm³/mol. The molecule has 9 heteroatoms. The van der Waals surface area contributed by atoms with Crippen LogP contribution in [0.15, 0.2) is 15.9 Å². The van der Waals surface area contributed by atoms with E-state index >= 15 is 0 Å². The van der Waals surface area contributed by atoms with E-state index in [4.69, 9.17) is 9.84 Å². The van der Waals surface area contributed by atoms with Crippen LogP contribution in [0.4, 0.5) is 0 Å². The third-order valence-corrected chi connectivity index (χ3v) is 3.16. The van der Waals surface area contributed by atoms with Gasteiger partial charge >= 0.3 is 5.69 Å². The van der Waals surface area contributed by atoms with Crippen LogP contribution in [0.1, 0.15) is 12.6 Å². The lowest BCUT2D eigenvalue weighted by Crippen LogP contribution is -2.24. The molecule has 1 saturated heterocycles. The molecule has 102 valence electrons. The minimum absolute atomic E-state index is 0.0881. The number of ether oxygens (including phenoxy) is 1. The van der Waals surface area contributed by atoms with E-state index in [-0.39, 0.29) is 24.2 Å². The molecule has 0 unspecified atom stereocenters. The molecule has 2 aromatic heterocycles. The summed E-state index contributed by atoms with van der Waals surface area (Å²) in [4.78, 5) is 31.2. The van der Waals surface area contributed by atoms with Gasteiger partial charge in [0.1, 0.15) is 18.0 Å². The first-order valence-corrected chi connectivity index (χ1v) is 5.73. The number of H-pyrrole nitrogens is 2. The molecule has 9 nitrogen and oxygen atoms in total. The molecule has 0 aliphatic carbocycles. The van der Waals surface area contributed by atoms with Crippen molar-refractivity contribution in [2.45, 2.75) is 24.9 Å². The molecule has 4 N–H and O–H groups in total. The maximum Gasteiger partial charge on any atom is 0.327 e. The fourth-order valence-corrected chi connectivity index (χ4v) is 2.22. The van der Waals surface area contributed by atoms with Crippen LogP contribution < -0.4 is 11.2 Å². The molecular weight excluding hydrogens is 256 g/mol. The molecule has 0 aromatic carbocycles. The Morgan fingerprint density at radius 2 is 2.26 bits per heavy atom. The Balaban J connectivity index is 2.07. The Morgan fingerprint density at radius 1 is 1.47 bits per heavy atom. The van der Waals surface area contributed by atoms with Crippen LogP contribution in [-0.2, 0) is 4.74 Å². The SMILES string of the molecule is O=c1[nH]c(=O)c2ncn([C@H]3C[C@H](O)[C@@H](CO)O3)c2[nH]1. The molecule has 3 atom stereocenters. The van der Waals surface area contributed by atoms with Crippen LogP contribution in [-0.4, -0.2) is 48.5 Å². The molecule has 19 heavy (non-hydrogen) atoms. The van der Waals surface area contributed by atoms with Crippen molar-refractivity contribution in [1.82, 2.24) is 19.5 Å². The van der Waals surface area contributed by atoms with Crippen molar-refractivity contribution in [2.24, 2.45) is 0 Å². The summed E-state index contributed by atoms with van der Waals surface area (Å²) in [6.45, 7) is -0.304. The van der Waals surface area contributed by atoms with Crippen LogP contribution >= 0.6 is 0 Å². The van der Waals surface area contributed by atoms with Crippen LogP contribution in [0.5, 0.6) is 0 Å². The average molecular weight is 268 g/mol. The van der Waals surface area contributed by atoms with E-state index in [1.54, 1.807) is 0 Å². The number of imidazole rings is 1. The fraction of sp³-hybridized carbons (Fsp3) is 0.500. The minimum Gasteiger partial charge on any atom is -0.394 e. The molecule has 0 amide bonds. The molecule has 0 spiro atoms. The molecule has 1 fully saturated rings. The molecule has 0 saturated carbocycles. The lowest BCUT2D eigenvalue weighted by Gasteiger charge is -2.13. The highest BCUT2D eigenvalue weighted by molar-refractivity contribution is 5.68. The van der Waals surface area contributed by atoms with Crippen molar-refractivity contribution < 1.29 is 14.9 Å². The zero-order valence-corrected chi connectivity index (χ0v) is 9.74. The second-order valence-electron chi connectivity index (χ2n) is 4.37. The smallest absolute Gasteiger partial charge is 0.327 e. The number of aliphatic hydroxyl groups is 2. The van der Waals surface area contributed by atoms with Gasteiger partial charge in [-0.1, -0.05) is 0 Å². The molecule has 1 aliphatic rings. The molecule has 0 bridgehead atoms. The Labute approximate surface area is 105 Å². The third-order valence-electron chi connectivity index (χ3n) is 3.16. The monoisotopic (exact) mass is 268 g/mol. The van der Waals surface area contributed by atoms with Gasteiger partial charge in [0.2, 0.25) is 0 Å². The highest BCUT2D eigenvalue weighted by Crippen LogP contribution is 2.29. The van der Waals surface area contributed by atoms with Gasteiger partial charge in [-0.25, -0.2) is 9.78 Å². The van der Waals surface area contributed by atoms with Crippen LogP contribution in [0.25, 0.3) is 11.2 Å². The highest BCUT2D eigenvalue weighted by atomic mass is 16.5. The van der Waals surface area contributed by atoms with Crippen LogP contribution in [0.3, 0.4) is 0 Å². The van der Waals surface area contributed by atoms with Crippen molar-refractivity contribution in [2.75, 3.05) is 6.61 Å². The summed E-state index contributed by atoms with van der Waals surface area (Å²) in [5, 5.41) is 18.7. The number of rotatable bonds is 2. The molecule has 0 radical (unpaired) electrons. The van der Waals surface area contributed by atoms with Gasteiger partial charge in [0.25, 0.3) is 5.56 Å². The van der Waals surface area contributed by atoms with Crippen molar-refractivity contribution in [3.05, 3.63) is 27.2 Å². The number of nitrogens with one attached hydrogen (secondary N) is 2. The lowest BCUT2D eigenvalue weighted by atomic mass is 10.2. The van der Waals surface area contributed by atoms with E-state index in [1.807, 2.05) is 0 Å². The molecule has 3 heterocycles. The predicted octanol–water partition coefficient (Wildman–Crippen LogP) is -1.95. The first kappa shape index (κ1) is 12.1. The van der Waals surface area contributed by atoms with Crippen molar-refractivity contribution >= 4 is 11.2 Å². The normalized spacial score (nSPS) is 27.2. The maximum atomic E-state index is 11.5. The number of aromatic nitrogens is 4. The number of fused-ring (bicyclic) bond motifs is 1. The van der Waals surface area contributed by atoms with E-state index in [0.29, 0.717) is 0 Å². The number of hydrogen-bond donors (Lipinski definition) is 4. The Kier molecular flexibility index (Phi) is 2.73. The molecule has 3 rings (SSSR count). The quantitative estimate of drug-likeness (QED) is 0.500. The van der Waals surface area contributed by atoms with Crippen molar-refractivity contribution in [1.29, 1.82) is 0 Å². The second kappa shape index (κ2) is 4.30. The molecular formula is C10H12N4O5. The van der Waals surface area contributed by atoms with Gasteiger partial charge in [-0.15, -0.1) is 0 Å². The topological polar surface area (TPSA) is 133 Å². The Hall–Kier alpha value is -1.97. The Morgan fingerprint density at radius 3 is 2.95 bits per heavy atom. The molecule has 1 aliphatic heterocycles.